The van der Waals surface area contributed by atoms with Gasteiger partial charge in [-0.2, -0.15) is 0 Å². The summed E-state index contributed by atoms with van der Waals surface area (Å²) in [6.07, 6.45) is 2.00. The van der Waals surface area contributed by atoms with Gasteiger partial charge >= 0.3 is 0 Å². The molecule has 0 aliphatic heterocycles. The van der Waals surface area contributed by atoms with Gasteiger partial charge in [-0.05, 0) is 55.5 Å². The minimum atomic E-state index is -3.54. The fourth-order valence-corrected chi connectivity index (χ4v) is 5.10. The number of rotatable bonds is 11. The number of hydrogen-bond donors (Lipinski definition) is 1. The van der Waals surface area contributed by atoms with Crippen LogP contribution < -0.4 is 9.62 Å². The van der Waals surface area contributed by atoms with Crippen LogP contribution in [0.25, 0.3) is 0 Å². The third-order valence-corrected chi connectivity index (χ3v) is 7.48. The topological polar surface area (TPSA) is 86.8 Å². The van der Waals surface area contributed by atoms with Crippen molar-refractivity contribution in [2.75, 3.05) is 24.2 Å². The average Bonchev–Trinajstić information content (AvgIpc) is 2.78. The van der Waals surface area contributed by atoms with Crippen molar-refractivity contribution < 1.29 is 18.0 Å². The van der Waals surface area contributed by atoms with Gasteiger partial charge in [0.2, 0.25) is 21.8 Å². The normalized spacial score (nSPS) is 12.2. The molecule has 0 saturated heterocycles. The molecule has 2 aromatic carbocycles. The second kappa shape index (κ2) is 12.2. The first-order valence-corrected chi connectivity index (χ1v) is 13.5. The molecule has 34 heavy (non-hydrogen) atoms. The lowest BCUT2D eigenvalue weighted by atomic mass is 10.1. The number of nitrogens with zero attached hydrogens (tertiary/aromatic N) is 2. The standard InChI is InChI=1S/C25H34ClN3O4S/c1-6-22(25(31)27-4)28(17-20-12-7-8-13-21(20)26)24(30)15-10-16-29(34(5,32)33)23-14-9-11-18(2)19(23)3/h7-9,11-14,22H,6,10,15-17H2,1-5H3,(H,27,31)/t22-/m1/s1. The van der Waals surface area contributed by atoms with Crippen LogP contribution in [0.3, 0.4) is 0 Å². The number of likely N-dealkylation sites (N-methyl/N-ethyl adjacent to an activating group) is 1. The van der Waals surface area contributed by atoms with Crippen molar-refractivity contribution in [2.45, 2.75) is 52.6 Å². The molecule has 186 valence electrons. The summed E-state index contributed by atoms with van der Waals surface area (Å²) in [4.78, 5) is 27.3. The molecule has 0 heterocycles. The van der Waals surface area contributed by atoms with Crippen LogP contribution in [0.2, 0.25) is 5.02 Å². The number of amides is 2. The highest BCUT2D eigenvalue weighted by Crippen LogP contribution is 2.26. The highest BCUT2D eigenvalue weighted by molar-refractivity contribution is 7.92. The quantitative estimate of drug-likeness (QED) is 0.497. The molecule has 2 rings (SSSR count). The van der Waals surface area contributed by atoms with Crippen LogP contribution in [0.4, 0.5) is 5.69 Å². The summed E-state index contributed by atoms with van der Waals surface area (Å²) in [6, 6.07) is 12.1. The molecule has 0 aliphatic carbocycles. The predicted molar refractivity (Wildman–Crippen MR) is 137 cm³/mol. The summed E-state index contributed by atoms with van der Waals surface area (Å²) in [5.41, 5.74) is 3.22. The van der Waals surface area contributed by atoms with Crippen LogP contribution >= 0.6 is 11.6 Å². The van der Waals surface area contributed by atoms with E-state index >= 15 is 0 Å². The number of halogens is 1. The largest absolute Gasteiger partial charge is 0.357 e. The van der Waals surface area contributed by atoms with E-state index in [4.69, 9.17) is 11.6 Å². The van der Waals surface area contributed by atoms with Crippen molar-refractivity contribution in [3.05, 3.63) is 64.2 Å². The Labute approximate surface area is 208 Å². The van der Waals surface area contributed by atoms with Crippen LogP contribution in [0.15, 0.2) is 42.5 Å². The lowest BCUT2D eigenvalue weighted by molar-refractivity contribution is -0.141. The van der Waals surface area contributed by atoms with Gasteiger partial charge in [-0.1, -0.05) is 48.9 Å². The van der Waals surface area contributed by atoms with Crippen molar-refractivity contribution in [2.24, 2.45) is 0 Å². The first kappa shape index (κ1) is 27.7. The Morgan fingerprint density at radius 3 is 2.35 bits per heavy atom. The lowest BCUT2D eigenvalue weighted by Crippen LogP contribution is -2.48. The molecular weight excluding hydrogens is 474 g/mol. The van der Waals surface area contributed by atoms with Gasteiger partial charge in [0.1, 0.15) is 6.04 Å². The fourth-order valence-electron chi connectivity index (χ4n) is 3.88. The molecule has 0 saturated carbocycles. The fraction of sp³-hybridized carbons (Fsp3) is 0.440. The van der Waals surface area contributed by atoms with Crippen LogP contribution in [0.5, 0.6) is 0 Å². The molecule has 2 aromatic rings. The molecule has 1 N–H and O–H groups in total. The van der Waals surface area contributed by atoms with Crippen molar-refractivity contribution in [3.8, 4) is 0 Å². The summed E-state index contributed by atoms with van der Waals surface area (Å²) >= 11 is 6.31. The number of anilines is 1. The summed E-state index contributed by atoms with van der Waals surface area (Å²) < 4.78 is 26.4. The van der Waals surface area contributed by atoms with Crippen LogP contribution in [0.1, 0.15) is 42.9 Å². The zero-order valence-electron chi connectivity index (χ0n) is 20.5. The van der Waals surface area contributed by atoms with Crippen molar-refractivity contribution >= 4 is 39.1 Å². The third-order valence-electron chi connectivity index (χ3n) is 5.93. The Morgan fingerprint density at radius 2 is 1.76 bits per heavy atom. The molecule has 0 unspecified atom stereocenters. The number of hydrogen-bond acceptors (Lipinski definition) is 4. The van der Waals surface area contributed by atoms with Gasteiger partial charge in [0.05, 0.1) is 11.9 Å². The van der Waals surface area contributed by atoms with E-state index in [1.54, 1.807) is 18.2 Å². The maximum Gasteiger partial charge on any atom is 0.242 e. The smallest absolute Gasteiger partial charge is 0.242 e. The molecule has 1 atom stereocenters. The summed E-state index contributed by atoms with van der Waals surface area (Å²) in [5.74, 6) is -0.485. The molecule has 0 fully saturated rings. The van der Waals surface area contributed by atoms with Crippen LogP contribution in [0, 0.1) is 13.8 Å². The molecule has 0 aromatic heterocycles. The number of sulfonamides is 1. The number of carbonyl (C=O) groups is 2. The number of aryl methyl sites for hydroxylation is 1. The second-order valence-corrected chi connectivity index (χ2v) is 10.6. The Kier molecular flexibility index (Phi) is 9.94. The monoisotopic (exact) mass is 507 g/mol. The van der Waals surface area contributed by atoms with E-state index in [0.29, 0.717) is 23.6 Å². The van der Waals surface area contributed by atoms with Crippen LogP contribution in [-0.2, 0) is 26.2 Å². The Balaban J connectivity index is 2.24. The molecule has 9 heteroatoms. The highest BCUT2D eigenvalue weighted by Gasteiger charge is 2.29. The van der Waals surface area contributed by atoms with Crippen molar-refractivity contribution in [1.82, 2.24) is 10.2 Å². The summed E-state index contributed by atoms with van der Waals surface area (Å²) in [7, 11) is -2.00. The highest BCUT2D eigenvalue weighted by atomic mass is 35.5. The van der Waals surface area contributed by atoms with E-state index in [2.05, 4.69) is 5.32 Å². The van der Waals surface area contributed by atoms with Gasteiger partial charge in [-0.25, -0.2) is 8.42 Å². The minimum Gasteiger partial charge on any atom is -0.357 e. The summed E-state index contributed by atoms with van der Waals surface area (Å²) in [5, 5.41) is 3.14. The Hall–Kier alpha value is -2.58. The third kappa shape index (κ3) is 6.96. The maximum absolute atomic E-state index is 13.3. The molecule has 0 radical (unpaired) electrons. The first-order chi connectivity index (χ1) is 16.0. The van der Waals surface area contributed by atoms with E-state index in [0.717, 1.165) is 16.7 Å². The molecule has 0 bridgehead atoms. The molecule has 7 nitrogen and oxygen atoms in total. The van der Waals surface area contributed by atoms with Gasteiger partial charge in [0.25, 0.3) is 0 Å². The summed E-state index contributed by atoms with van der Waals surface area (Å²) in [6.45, 7) is 6.01. The molecular formula is C25H34ClN3O4S. The molecule has 0 spiro atoms. The zero-order valence-corrected chi connectivity index (χ0v) is 22.0. The Morgan fingerprint density at radius 1 is 1.09 bits per heavy atom. The number of carbonyl (C=O) groups excluding carboxylic acids is 2. The van der Waals surface area contributed by atoms with E-state index < -0.39 is 16.1 Å². The van der Waals surface area contributed by atoms with Crippen molar-refractivity contribution in [3.63, 3.8) is 0 Å². The minimum absolute atomic E-state index is 0.0921. The van der Waals surface area contributed by atoms with E-state index in [1.165, 1.54) is 22.5 Å². The van der Waals surface area contributed by atoms with E-state index in [-0.39, 0.29) is 31.3 Å². The van der Waals surface area contributed by atoms with Crippen LogP contribution in [-0.4, -0.2) is 51.0 Å². The first-order valence-electron chi connectivity index (χ1n) is 11.3. The average molecular weight is 508 g/mol. The van der Waals surface area contributed by atoms with Gasteiger partial charge in [-0.3, -0.25) is 13.9 Å². The van der Waals surface area contributed by atoms with Gasteiger partial charge in [0, 0.05) is 31.6 Å². The molecule has 2 amide bonds. The lowest BCUT2D eigenvalue weighted by Gasteiger charge is -2.31. The number of benzene rings is 2. The van der Waals surface area contributed by atoms with E-state index in [9.17, 15) is 18.0 Å². The van der Waals surface area contributed by atoms with Gasteiger partial charge < -0.3 is 10.2 Å². The number of nitrogens with one attached hydrogen (secondary N) is 1. The van der Waals surface area contributed by atoms with Gasteiger partial charge in [-0.15, -0.1) is 0 Å². The molecule has 0 aliphatic rings. The predicted octanol–water partition coefficient (Wildman–Crippen LogP) is 4.06. The SMILES string of the molecule is CC[C@H](C(=O)NC)N(Cc1ccccc1Cl)C(=O)CCCN(c1cccc(C)c1C)S(C)(=O)=O. The van der Waals surface area contributed by atoms with E-state index in [1.807, 2.05) is 45.0 Å². The van der Waals surface area contributed by atoms with Gasteiger partial charge in [0.15, 0.2) is 0 Å². The Bertz CT molecular complexity index is 1120. The zero-order chi connectivity index (χ0) is 25.5. The van der Waals surface area contributed by atoms with Crippen molar-refractivity contribution in [1.29, 1.82) is 0 Å². The maximum atomic E-state index is 13.3. The second-order valence-electron chi connectivity index (χ2n) is 8.31.